The first kappa shape index (κ1) is 18.8. The lowest BCUT2D eigenvalue weighted by molar-refractivity contribution is -0.129. The van der Waals surface area contributed by atoms with Crippen LogP contribution in [0.5, 0.6) is 0 Å². The molecule has 1 amide bonds. The van der Waals surface area contributed by atoms with Crippen LogP contribution in [-0.2, 0) is 9.59 Å². The number of rotatable bonds is 2. The van der Waals surface area contributed by atoms with E-state index in [0.717, 1.165) is 20.1 Å². The van der Waals surface area contributed by atoms with E-state index < -0.39 is 0 Å². The fourth-order valence-electron chi connectivity index (χ4n) is 2.78. The number of hydrogen-bond acceptors (Lipinski definition) is 2. The molecule has 0 radical (unpaired) electrons. The molecule has 2 aromatic rings. The van der Waals surface area contributed by atoms with E-state index >= 15 is 0 Å². The van der Waals surface area contributed by atoms with Gasteiger partial charge in [-0.2, -0.15) is 0 Å². The summed E-state index contributed by atoms with van der Waals surface area (Å²) in [5.41, 5.74) is 3.11. The summed E-state index contributed by atoms with van der Waals surface area (Å²) >= 11 is 6.82. The lowest BCUT2D eigenvalue weighted by Gasteiger charge is -2.29. The van der Waals surface area contributed by atoms with Crippen molar-refractivity contribution in [3.63, 3.8) is 0 Å². The Labute approximate surface area is 169 Å². The molecule has 0 unspecified atom stereocenters. The van der Waals surface area contributed by atoms with Crippen molar-refractivity contribution in [3.05, 3.63) is 79.7 Å². The number of piperidine rings is 1. The molecular weight excluding hydrogens is 458 g/mol. The minimum absolute atomic E-state index is 0.00617. The van der Waals surface area contributed by atoms with Gasteiger partial charge in [0.15, 0.2) is 5.78 Å². The molecule has 5 heteroatoms. The van der Waals surface area contributed by atoms with E-state index in [1.54, 1.807) is 4.90 Å². The van der Waals surface area contributed by atoms with E-state index in [1.165, 1.54) is 6.92 Å². The number of amides is 1. The molecule has 1 aliphatic heterocycles. The lowest BCUT2D eigenvalue weighted by Crippen LogP contribution is -2.40. The largest absolute Gasteiger partial charge is 0.334 e. The third-order valence-electron chi connectivity index (χ3n) is 4.17. The molecule has 1 aliphatic rings. The van der Waals surface area contributed by atoms with Crippen LogP contribution in [-0.4, -0.2) is 29.7 Å². The van der Waals surface area contributed by atoms with Gasteiger partial charge < -0.3 is 4.90 Å². The normalized spacial score (nSPS) is 17.8. The number of carbonyl (C=O) groups excluding carboxylic acids is 2. The van der Waals surface area contributed by atoms with E-state index in [1.807, 2.05) is 60.7 Å². The number of likely N-dealkylation sites (tertiary alicyclic amines) is 1. The number of nitrogens with zero attached hydrogens (tertiary/aromatic N) is 1. The summed E-state index contributed by atoms with van der Waals surface area (Å²) in [6, 6.07) is 15.5. The topological polar surface area (TPSA) is 37.4 Å². The fraction of sp³-hybridized carbons (Fsp3) is 0.143. The van der Waals surface area contributed by atoms with E-state index in [2.05, 4.69) is 31.9 Å². The van der Waals surface area contributed by atoms with Crippen molar-refractivity contribution in [2.24, 2.45) is 0 Å². The van der Waals surface area contributed by atoms with Crippen molar-refractivity contribution < 1.29 is 9.59 Å². The highest BCUT2D eigenvalue weighted by molar-refractivity contribution is 9.10. The molecule has 132 valence electrons. The second-order valence-electron chi connectivity index (χ2n) is 6.15. The van der Waals surface area contributed by atoms with Crippen LogP contribution in [0.3, 0.4) is 0 Å². The van der Waals surface area contributed by atoms with E-state index in [9.17, 15) is 9.59 Å². The summed E-state index contributed by atoms with van der Waals surface area (Å²) in [6.45, 7) is 2.20. The lowest BCUT2D eigenvalue weighted by atomic mass is 9.94. The molecule has 0 N–H and O–H groups in total. The van der Waals surface area contributed by atoms with Crippen molar-refractivity contribution in [2.45, 2.75) is 6.92 Å². The predicted molar refractivity (Wildman–Crippen MR) is 111 cm³/mol. The molecule has 2 aromatic carbocycles. The van der Waals surface area contributed by atoms with Gasteiger partial charge in [0.25, 0.3) is 0 Å². The minimum Gasteiger partial charge on any atom is -0.334 e. The summed E-state index contributed by atoms with van der Waals surface area (Å²) in [5.74, 6) is -0.0470. The van der Waals surface area contributed by atoms with Gasteiger partial charge >= 0.3 is 0 Å². The zero-order valence-corrected chi connectivity index (χ0v) is 17.4. The monoisotopic (exact) mass is 473 g/mol. The maximum absolute atomic E-state index is 12.9. The number of ketones is 1. The van der Waals surface area contributed by atoms with Gasteiger partial charge in [0.1, 0.15) is 0 Å². The minimum atomic E-state index is -0.0408. The molecular formula is C21H17Br2NO2. The highest BCUT2D eigenvalue weighted by Gasteiger charge is 2.27. The maximum atomic E-state index is 12.9. The first-order chi connectivity index (χ1) is 12.4. The molecule has 3 nitrogen and oxygen atoms in total. The second-order valence-corrected chi connectivity index (χ2v) is 7.98. The molecule has 1 heterocycles. The van der Waals surface area contributed by atoms with Gasteiger partial charge in [-0.15, -0.1) is 0 Å². The molecule has 0 aliphatic carbocycles. The summed E-state index contributed by atoms with van der Waals surface area (Å²) in [7, 11) is 0. The SMILES string of the molecule is CC(=O)N1C/C(=C\c2ccc(Br)cc2)C(=O)/C(=C/c2ccc(Br)cc2)C1. The Hall–Kier alpha value is -1.98. The Kier molecular flexibility index (Phi) is 5.89. The van der Waals surface area contributed by atoms with Crippen LogP contribution in [0.25, 0.3) is 12.2 Å². The third-order valence-corrected chi connectivity index (χ3v) is 5.23. The predicted octanol–water partition coefficient (Wildman–Crippen LogP) is 5.11. The molecule has 1 fully saturated rings. The van der Waals surface area contributed by atoms with E-state index in [0.29, 0.717) is 24.2 Å². The third kappa shape index (κ3) is 4.59. The number of hydrogen-bond donors (Lipinski definition) is 0. The second kappa shape index (κ2) is 8.14. The summed E-state index contributed by atoms with van der Waals surface area (Å²) in [6.07, 6.45) is 3.72. The van der Waals surface area contributed by atoms with Crippen molar-refractivity contribution in [1.82, 2.24) is 4.90 Å². The summed E-state index contributed by atoms with van der Waals surface area (Å²) in [4.78, 5) is 26.6. The summed E-state index contributed by atoms with van der Waals surface area (Å²) < 4.78 is 1.96. The highest BCUT2D eigenvalue weighted by Crippen LogP contribution is 2.23. The van der Waals surface area contributed by atoms with Gasteiger partial charge in [0.2, 0.25) is 5.91 Å². The van der Waals surface area contributed by atoms with Crippen LogP contribution >= 0.6 is 31.9 Å². The van der Waals surface area contributed by atoms with Crippen LogP contribution in [0.4, 0.5) is 0 Å². The van der Waals surface area contributed by atoms with Gasteiger partial charge in [-0.05, 0) is 47.5 Å². The molecule has 26 heavy (non-hydrogen) atoms. The molecule has 1 saturated heterocycles. The molecule has 0 aromatic heterocycles. The van der Waals surface area contributed by atoms with Gasteiger partial charge in [-0.1, -0.05) is 56.1 Å². The van der Waals surface area contributed by atoms with Crippen molar-refractivity contribution in [3.8, 4) is 0 Å². The Morgan fingerprint density at radius 3 is 1.58 bits per heavy atom. The number of benzene rings is 2. The molecule has 0 bridgehead atoms. The van der Waals surface area contributed by atoms with Gasteiger partial charge in [-0.25, -0.2) is 0 Å². The smallest absolute Gasteiger partial charge is 0.220 e. The maximum Gasteiger partial charge on any atom is 0.220 e. The van der Waals surface area contributed by atoms with Crippen LogP contribution in [0.2, 0.25) is 0 Å². The highest BCUT2D eigenvalue weighted by atomic mass is 79.9. The first-order valence-electron chi connectivity index (χ1n) is 8.15. The Morgan fingerprint density at radius 1 is 0.846 bits per heavy atom. The number of carbonyl (C=O) groups is 2. The molecule has 0 saturated carbocycles. The Bertz CT molecular complexity index is 829. The average Bonchev–Trinajstić information content (AvgIpc) is 2.62. The van der Waals surface area contributed by atoms with Crippen molar-refractivity contribution in [2.75, 3.05) is 13.1 Å². The zero-order chi connectivity index (χ0) is 18.7. The number of Topliss-reactive ketones (excluding diaryl/α,β-unsaturated/α-hetero) is 1. The number of halogens is 2. The summed E-state index contributed by atoms with van der Waals surface area (Å²) in [5, 5.41) is 0. The van der Waals surface area contributed by atoms with Gasteiger partial charge in [-0.3, -0.25) is 9.59 Å². The van der Waals surface area contributed by atoms with Crippen LogP contribution in [0.1, 0.15) is 18.1 Å². The van der Waals surface area contributed by atoms with Crippen molar-refractivity contribution >= 4 is 55.7 Å². The standard InChI is InChI=1S/C21H17Br2NO2/c1-14(25)24-12-17(10-15-2-6-19(22)7-3-15)21(26)18(13-24)11-16-4-8-20(23)9-5-16/h2-11H,12-13H2,1H3/b17-10+,18-11+. The first-order valence-corrected chi connectivity index (χ1v) is 9.73. The fourth-order valence-corrected chi connectivity index (χ4v) is 3.31. The molecule has 0 spiro atoms. The van der Waals surface area contributed by atoms with Crippen LogP contribution in [0, 0.1) is 0 Å². The van der Waals surface area contributed by atoms with Crippen LogP contribution in [0.15, 0.2) is 68.6 Å². The zero-order valence-electron chi connectivity index (χ0n) is 14.2. The Balaban J connectivity index is 1.97. The quantitative estimate of drug-likeness (QED) is 0.567. The van der Waals surface area contributed by atoms with E-state index in [4.69, 9.17) is 0 Å². The van der Waals surface area contributed by atoms with Gasteiger partial charge in [0, 0.05) is 40.1 Å². The van der Waals surface area contributed by atoms with E-state index in [-0.39, 0.29) is 11.7 Å². The van der Waals surface area contributed by atoms with Gasteiger partial charge in [0.05, 0.1) is 0 Å². The van der Waals surface area contributed by atoms with Crippen molar-refractivity contribution in [1.29, 1.82) is 0 Å². The van der Waals surface area contributed by atoms with Crippen LogP contribution < -0.4 is 0 Å². The average molecular weight is 475 g/mol. The molecule has 0 atom stereocenters. The molecule has 3 rings (SSSR count). The Morgan fingerprint density at radius 2 is 1.23 bits per heavy atom.